The van der Waals surface area contributed by atoms with E-state index < -0.39 is 9.84 Å². The van der Waals surface area contributed by atoms with Gasteiger partial charge in [0.2, 0.25) is 0 Å². The van der Waals surface area contributed by atoms with Gasteiger partial charge >= 0.3 is 0 Å². The van der Waals surface area contributed by atoms with E-state index in [0.29, 0.717) is 17.9 Å². The standard InChI is InChI=1S/C16H24N4O3S/c1-12-17-14(10-15(18-12)20-7-4-3-5-8-20)16(21)19(2)13-6-9-24(22,23)11-13/h10,13H,3-9,11H2,1-2H3. The van der Waals surface area contributed by atoms with E-state index in [1.54, 1.807) is 20.0 Å². The van der Waals surface area contributed by atoms with Crippen molar-refractivity contribution in [2.75, 3.05) is 36.5 Å². The molecule has 1 amide bonds. The van der Waals surface area contributed by atoms with E-state index in [1.807, 2.05) is 0 Å². The molecule has 0 bridgehead atoms. The van der Waals surface area contributed by atoms with E-state index in [-0.39, 0.29) is 23.5 Å². The molecule has 2 fully saturated rings. The zero-order valence-corrected chi connectivity index (χ0v) is 15.0. The molecule has 3 rings (SSSR count). The maximum atomic E-state index is 12.8. The average molecular weight is 352 g/mol. The summed E-state index contributed by atoms with van der Waals surface area (Å²) < 4.78 is 23.3. The number of hydrogen-bond donors (Lipinski definition) is 0. The first-order chi connectivity index (χ1) is 11.4. The number of carbonyl (C=O) groups excluding carboxylic acids is 1. The fourth-order valence-electron chi connectivity index (χ4n) is 3.37. The van der Waals surface area contributed by atoms with Crippen molar-refractivity contribution in [1.29, 1.82) is 0 Å². The van der Waals surface area contributed by atoms with Crippen LogP contribution in [0.1, 0.15) is 42.0 Å². The molecule has 132 valence electrons. The summed E-state index contributed by atoms with van der Waals surface area (Å²) in [6, 6.07) is 1.47. The van der Waals surface area contributed by atoms with Crippen LogP contribution in [-0.4, -0.2) is 66.9 Å². The lowest BCUT2D eigenvalue weighted by Crippen LogP contribution is -2.38. The Labute approximate surface area is 143 Å². The number of aromatic nitrogens is 2. The maximum Gasteiger partial charge on any atom is 0.272 e. The molecule has 1 unspecified atom stereocenters. The van der Waals surface area contributed by atoms with Gasteiger partial charge in [0.05, 0.1) is 11.5 Å². The van der Waals surface area contributed by atoms with Gasteiger partial charge < -0.3 is 9.80 Å². The number of piperidine rings is 1. The summed E-state index contributed by atoms with van der Waals surface area (Å²) >= 11 is 0. The minimum absolute atomic E-state index is 0.0400. The van der Waals surface area contributed by atoms with E-state index in [0.717, 1.165) is 31.7 Å². The molecule has 0 radical (unpaired) electrons. The summed E-state index contributed by atoms with van der Waals surface area (Å²) in [5.74, 6) is 1.31. The largest absolute Gasteiger partial charge is 0.356 e. The molecule has 2 saturated heterocycles. The van der Waals surface area contributed by atoms with Gasteiger partial charge in [-0.2, -0.15) is 0 Å². The predicted octanol–water partition coefficient (Wildman–Crippen LogP) is 1.03. The molecule has 1 atom stereocenters. The van der Waals surface area contributed by atoms with Gasteiger partial charge in [-0.25, -0.2) is 18.4 Å². The van der Waals surface area contributed by atoms with Gasteiger partial charge in [0.15, 0.2) is 9.84 Å². The Bertz CT molecular complexity index is 729. The number of aryl methyl sites for hydroxylation is 1. The van der Waals surface area contributed by atoms with Crippen molar-refractivity contribution in [2.45, 2.75) is 38.6 Å². The van der Waals surface area contributed by atoms with E-state index in [4.69, 9.17) is 0 Å². The van der Waals surface area contributed by atoms with E-state index >= 15 is 0 Å². The van der Waals surface area contributed by atoms with Gasteiger partial charge in [-0.15, -0.1) is 0 Å². The second-order valence-corrected chi connectivity index (χ2v) is 8.91. The third kappa shape index (κ3) is 3.68. The Balaban J connectivity index is 1.80. The van der Waals surface area contributed by atoms with Gasteiger partial charge in [0, 0.05) is 32.2 Å². The zero-order chi connectivity index (χ0) is 17.3. The molecule has 8 heteroatoms. The number of sulfone groups is 1. The summed E-state index contributed by atoms with van der Waals surface area (Å²) in [7, 11) is -1.37. The first-order valence-corrected chi connectivity index (χ1v) is 10.3. The Hall–Kier alpha value is -1.70. The normalized spacial score (nSPS) is 23.2. The monoisotopic (exact) mass is 352 g/mol. The van der Waals surface area contributed by atoms with Crippen LogP contribution in [0.25, 0.3) is 0 Å². The summed E-state index contributed by atoms with van der Waals surface area (Å²) in [4.78, 5) is 25.2. The van der Waals surface area contributed by atoms with Crippen LogP contribution in [0.3, 0.4) is 0 Å². The molecule has 0 N–H and O–H groups in total. The Morgan fingerprint density at radius 3 is 2.58 bits per heavy atom. The van der Waals surface area contributed by atoms with Gasteiger partial charge in [0.1, 0.15) is 17.3 Å². The third-order valence-corrected chi connectivity index (χ3v) is 6.55. The molecular formula is C16H24N4O3S. The summed E-state index contributed by atoms with van der Waals surface area (Å²) in [6.07, 6.45) is 3.98. The molecule has 24 heavy (non-hydrogen) atoms. The van der Waals surface area contributed by atoms with Crippen molar-refractivity contribution in [3.63, 3.8) is 0 Å². The number of rotatable bonds is 3. The Morgan fingerprint density at radius 2 is 1.96 bits per heavy atom. The quantitative estimate of drug-likeness (QED) is 0.808. The maximum absolute atomic E-state index is 12.8. The van der Waals surface area contributed by atoms with Crippen LogP contribution >= 0.6 is 0 Å². The summed E-state index contributed by atoms with van der Waals surface area (Å²) in [5, 5.41) is 0. The number of nitrogens with zero attached hydrogens (tertiary/aromatic N) is 4. The van der Waals surface area contributed by atoms with Crippen LogP contribution in [0, 0.1) is 6.92 Å². The molecule has 0 aliphatic carbocycles. The van der Waals surface area contributed by atoms with Crippen LogP contribution in [-0.2, 0) is 9.84 Å². The van der Waals surface area contributed by atoms with E-state index in [9.17, 15) is 13.2 Å². The molecule has 3 heterocycles. The number of carbonyl (C=O) groups is 1. The van der Waals surface area contributed by atoms with Crippen LogP contribution in [0.4, 0.5) is 5.82 Å². The smallest absolute Gasteiger partial charge is 0.272 e. The highest BCUT2D eigenvalue weighted by Gasteiger charge is 2.33. The lowest BCUT2D eigenvalue weighted by molar-refractivity contribution is 0.0741. The lowest BCUT2D eigenvalue weighted by atomic mass is 10.1. The van der Waals surface area contributed by atoms with E-state index in [2.05, 4.69) is 14.9 Å². The summed E-state index contributed by atoms with van der Waals surface area (Å²) in [6.45, 7) is 3.67. The molecule has 1 aromatic heterocycles. The first kappa shape index (κ1) is 17.1. The minimum Gasteiger partial charge on any atom is -0.356 e. The van der Waals surface area contributed by atoms with Gasteiger partial charge in [0.25, 0.3) is 5.91 Å². The van der Waals surface area contributed by atoms with Gasteiger partial charge in [-0.05, 0) is 32.6 Å². The SMILES string of the molecule is Cc1nc(C(=O)N(C)C2CCS(=O)(=O)C2)cc(N2CCCCC2)n1. The molecular weight excluding hydrogens is 328 g/mol. The molecule has 2 aliphatic rings. The fraction of sp³-hybridized carbons (Fsp3) is 0.688. The molecule has 2 aliphatic heterocycles. The highest BCUT2D eigenvalue weighted by molar-refractivity contribution is 7.91. The second-order valence-electron chi connectivity index (χ2n) is 6.68. The third-order valence-electron chi connectivity index (χ3n) is 4.80. The number of anilines is 1. The zero-order valence-electron chi connectivity index (χ0n) is 14.2. The highest BCUT2D eigenvalue weighted by atomic mass is 32.2. The summed E-state index contributed by atoms with van der Waals surface area (Å²) in [5.41, 5.74) is 0.342. The molecule has 0 spiro atoms. The molecule has 7 nitrogen and oxygen atoms in total. The van der Waals surface area contributed by atoms with Crippen molar-refractivity contribution >= 4 is 21.6 Å². The van der Waals surface area contributed by atoms with Crippen molar-refractivity contribution in [2.24, 2.45) is 0 Å². The number of hydrogen-bond acceptors (Lipinski definition) is 6. The minimum atomic E-state index is -3.02. The predicted molar refractivity (Wildman–Crippen MR) is 92.0 cm³/mol. The van der Waals surface area contributed by atoms with Crippen molar-refractivity contribution < 1.29 is 13.2 Å². The topological polar surface area (TPSA) is 83.5 Å². The molecule has 0 aromatic carbocycles. The molecule has 0 saturated carbocycles. The Kier molecular flexibility index (Phi) is 4.76. The molecule has 1 aromatic rings. The lowest BCUT2D eigenvalue weighted by Gasteiger charge is -2.28. The van der Waals surface area contributed by atoms with Crippen molar-refractivity contribution in [3.8, 4) is 0 Å². The fourth-order valence-corrected chi connectivity index (χ4v) is 5.15. The van der Waals surface area contributed by atoms with E-state index in [1.165, 1.54) is 11.3 Å². The van der Waals surface area contributed by atoms with Gasteiger partial charge in [-0.3, -0.25) is 4.79 Å². The number of amides is 1. The van der Waals surface area contributed by atoms with Crippen LogP contribution in [0.15, 0.2) is 6.07 Å². The average Bonchev–Trinajstić information content (AvgIpc) is 2.93. The second kappa shape index (κ2) is 6.66. The van der Waals surface area contributed by atoms with Crippen molar-refractivity contribution in [3.05, 3.63) is 17.6 Å². The van der Waals surface area contributed by atoms with Crippen LogP contribution in [0.2, 0.25) is 0 Å². The highest BCUT2D eigenvalue weighted by Crippen LogP contribution is 2.21. The van der Waals surface area contributed by atoms with Gasteiger partial charge in [-0.1, -0.05) is 0 Å². The Morgan fingerprint density at radius 1 is 1.25 bits per heavy atom. The van der Waals surface area contributed by atoms with Crippen LogP contribution in [0.5, 0.6) is 0 Å². The van der Waals surface area contributed by atoms with Crippen LogP contribution < -0.4 is 4.90 Å². The van der Waals surface area contributed by atoms with Crippen molar-refractivity contribution in [1.82, 2.24) is 14.9 Å². The first-order valence-electron chi connectivity index (χ1n) is 8.44.